The summed E-state index contributed by atoms with van der Waals surface area (Å²) in [7, 11) is 1.69. The zero-order chi connectivity index (χ0) is 9.97. The van der Waals surface area contributed by atoms with E-state index in [4.69, 9.17) is 4.74 Å². The molecule has 0 aliphatic heterocycles. The highest BCUT2D eigenvalue weighted by molar-refractivity contribution is 7.05. The summed E-state index contributed by atoms with van der Waals surface area (Å²) in [5, 5.41) is 0. The van der Waals surface area contributed by atoms with E-state index in [1.165, 1.54) is 11.5 Å². The van der Waals surface area contributed by atoms with Crippen molar-refractivity contribution >= 4 is 17.3 Å². The van der Waals surface area contributed by atoms with Gasteiger partial charge >= 0.3 is 0 Å². The Bertz CT molecular complexity index is 310. The minimum atomic E-state index is 0.0858. The Morgan fingerprint density at radius 2 is 2.57 bits per heavy atom. The summed E-state index contributed by atoms with van der Waals surface area (Å²) < 4.78 is 9.11. The van der Waals surface area contributed by atoms with Crippen molar-refractivity contribution in [3.63, 3.8) is 0 Å². The van der Waals surface area contributed by atoms with Crippen LogP contribution in [0.3, 0.4) is 0 Å². The molecule has 3 nitrogen and oxygen atoms in total. The highest BCUT2D eigenvalue weighted by Gasteiger charge is 2.34. The number of hydrogen-bond acceptors (Lipinski definition) is 4. The van der Waals surface area contributed by atoms with Crippen molar-refractivity contribution in [2.45, 2.75) is 18.8 Å². The molecule has 0 aromatic carbocycles. The van der Waals surface area contributed by atoms with Crippen molar-refractivity contribution in [3.05, 3.63) is 17.1 Å². The smallest absolute Gasteiger partial charge is 0.141 e. The molecule has 0 radical (unpaired) electrons. The van der Waals surface area contributed by atoms with Gasteiger partial charge in [0.15, 0.2) is 0 Å². The maximum atomic E-state index is 11.7. The van der Waals surface area contributed by atoms with E-state index in [9.17, 15) is 4.79 Å². The minimum absolute atomic E-state index is 0.0858. The lowest BCUT2D eigenvalue weighted by Crippen LogP contribution is -2.03. The van der Waals surface area contributed by atoms with Crippen molar-refractivity contribution in [2.24, 2.45) is 5.92 Å². The van der Waals surface area contributed by atoms with Gasteiger partial charge in [-0.1, -0.05) is 0 Å². The lowest BCUT2D eigenvalue weighted by molar-refractivity contribution is -0.118. The van der Waals surface area contributed by atoms with Gasteiger partial charge in [0.25, 0.3) is 0 Å². The third kappa shape index (κ3) is 1.86. The summed E-state index contributed by atoms with van der Waals surface area (Å²) in [5.41, 5.74) is 0. The van der Waals surface area contributed by atoms with Crippen LogP contribution in [0.4, 0.5) is 0 Å². The van der Waals surface area contributed by atoms with Crippen molar-refractivity contribution in [3.8, 4) is 0 Å². The van der Waals surface area contributed by atoms with Crippen LogP contribution in [0.15, 0.2) is 12.3 Å². The quantitative estimate of drug-likeness (QED) is 0.766. The molecule has 0 bridgehead atoms. The van der Waals surface area contributed by atoms with Gasteiger partial charge in [-0.05, 0) is 29.9 Å². The van der Waals surface area contributed by atoms with Gasteiger partial charge in [0, 0.05) is 31.2 Å². The highest BCUT2D eigenvalue weighted by atomic mass is 32.1. The Hall–Kier alpha value is -0.740. The van der Waals surface area contributed by atoms with E-state index < -0.39 is 0 Å². The number of carbonyl (C=O) groups is 1. The lowest BCUT2D eigenvalue weighted by Gasteiger charge is -2.06. The summed E-state index contributed by atoms with van der Waals surface area (Å²) in [5.74, 6) is 0.832. The summed E-state index contributed by atoms with van der Waals surface area (Å²) in [6, 6.07) is 1.95. The zero-order valence-corrected chi connectivity index (χ0v) is 8.92. The summed E-state index contributed by atoms with van der Waals surface area (Å²) in [4.78, 5) is 12.8. The molecule has 0 N–H and O–H groups in total. The lowest BCUT2D eigenvalue weighted by atomic mass is 10.0. The number of ether oxygens (including phenoxy) is 1. The van der Waals surface area contributed by atoms with Gasteiger partial charge in [-0.15, -0.1) is 0 Å². The molecular formula is C10H13NO2S. The minimum Gasteiger partial charge on any atom is -0.384 e. The number of ketones is 1. The third-order valence-corrected chi connectivity index (χ3v) is 3.51. The second kappa shape index (κ2) is 4.19. The monoisotopic (exact) mass is 211 g/mol. The van der Waals surface area contributed by atoms with Crippen LogP contribution in [-0.4, -0.2) is 23.9 Å². The van der Waals surface area contributed by atoms with Gasteiger partial charge in [0.1, 0.15) is 5.78 Å². The van der Waals surface area contributed by atoms with E-state index in [2.05, 4.69) is 4.37 Å². The molecule has 2 unspecified atom stereocenters. The molecule has 1 aliphatic rings. The molecule has 76 valence electrons. The molecule has 1 saturated carbocycles. The van der Waals surface area contributed by atoms with Crippen LogP contribution in [0.25, 0.3) is 0 Å². The molecule has 4 heteroatoms. The average Bonchev–Trinajstić information content (AvgIpc) is 2.74. The Kier molecular flexibility index (Phi) is 2.93. The number of aromatic nitrogens is 1. The van der Waals surface area contributed by atoms with E-state index >= 15 is 0 Å². The Morgan fingerprint density at radius 3 is 3.21 bits per heavy atom. The number of methoxy groups -OCH3 is 1. The van der Waals surface area contributed by atoms with Gasteiger partial charge < -0.3 is 4.74 Å². The van der Waals surface area contributed by atoms with Gasteiger partial charge in [0.05, 0.1) is 5.92 Å². The van der Waals surface area contributed by atoms with E-state index in [-0.39, 0.29) is 5.92 Å². The molecule has 1 fully saturated rings. The maximum absolute atomic E-state index is 11.7. The molecule has 14 heavy (non-hydrogen) atoms. The topological polar surface area (TPSA) is 39.2 Å². The van der Waals surface area contributed by atoms with Crippen molar-refractivity contribution in [1.82, 2.24) is 4.37 Å². The predicted octanol–water partition coefficient (Wildman–Crippen LogP) is 1.85. The maximum Gasteiger partial charge on any atom is 0.141 e. The molecule has 1 heterocycles. The molecule has 1 aromatic heterocycles. The van der Waals surface area contributed by atoms with Crippen LogP contribution in [0.2, 0.25) is 0 Å². The van der Waals surface area contributed by atoms with Gasteiger partial charge in [0.2, 0.25) is 0 Å². The number of nitrogens with zero attached hydrogens (tertiary/aromatic N) is 1. The van der Waals surface area contributed by atoms with Crippen LogP contribution >= 0.6 is 11.5 Å². The van der Waals surface area contributed by atoms with E-state index in [1.54, 1.807) is 13.3 Å². The first-order valence-corrected chi connectivity index (χ1v) is 5.51. The first-order chi connectivity index (χ1) is 6.81. The fraction of sp³-hybridized carbons (Fsp3) is 0.600. The van der Waals surface area contributed by atoms with Gasteiger partial charge in [-0.25, -0.2) is 4.37 Å². The van der Waals surface area contributed by atoms with Crippen molar-refractivity contribution in [1.29, 1.82) is 0 Å². The fourth-order valence-corrected chi connectivity index (χ4v) is 2.74. The Labute approximate surface area is 87.3 Å². The molecular weight excluding hydrogens is 198 g/mol. The Balaban J connectivity index is 2.05. The summed E-state index contributed by atoms with van der Waals surface area (Å²) >= 11 is 1.43. The zero-order valence-electron chi connectivity index (χ0n) is 8.10. The largest absolute Gasteiger partial charge is 0.384 e. The second-order valence-corrected chi connectivity index (χ2v) is 4.56. The second-order valence-electron chi connectivity index (χ2n) is 3.69. The molecule has 0 saturated heterocycles. The van der Waals surface area contributed by atoms with Gasteiger partial charge in [-0.2, -0.15) is 0 Å². The molecule has 0 amide bonds. The van der Waals surface area contributed by atoms with E-state index in [0.29, 0.717) is 24.7 Å². The van der Waals surface area contributed by atoms with Crippen LogP contribution in [0.1, 0.15) is 23.6 Å². The molecule has 2 rings (SSSR count). The Morgan fingerprint density at radius 1 is 1.71 bits per heavy atom. The van der Waals surface area contributed by atoms with Crippen LogP contribution in [-0.2, 0) is 9.53 Å². The number of rotatable bonds is 3. The van der Waals surface area contributed by atoms with E-state index in [1.807, 2.05) is 6.07 Å². The van der Waals surface area contributed by atoms with Crippen LogP contribution < -0.4 is 0 Å². The van der Waals surface area contributed by atoms with Crippen LogP contribution in [0.5, 0.6) is 0 Å². The number of carbonyl (C=O) groups excluding carboxylic acids is 1. The number of hydrogen-bond donors (Lipinski definition) is 0. The molecule has 1 aliphatic carbocycles. The first-order valence-electron chi connectivity index (χ1n) is 4.73. The summed E-state index contributed by atoms with van der Waals surface area (Å²) in [6.07, 6.45) is 3.35. The van der Waals surface area contributed by atoms with Crippen molar-refractivity contribution < 1.29 is 9.53 Å². The first kappa shape index (κ1) is 9.80. The highest BCUT2D eigenvalue weighted by Crippen LogP contribution is 2.36. The van der Waals surface area contributed by atoms with Crippen LogP contribution in [0, 0.1) is 5.92 Å². The number of Topliss-reactive ketones (excluding diaryl/α,β-unsaturated/α-hetero) is 1. The van der Waals surface area contributed by atoms with Crippen molar-refractivity contribution in [2.75, 3.05) is 13.7 Å². The average molecular weight is 211 g/mol. The third-order valence-electron chi connectivity index (χ3n) is 2.65. The summed E-state index contributed by atoms with van der Waals surface area (Å²) in [6.45, 7) is 0.695. The van der Waals surface area contributed by atoms with E-state index in [0.717, 1.165) is 11.3 Å². The predicted molar refractivity (Wildman–Crippen MR) is 54.5 cm³/mol. The SMILES string of the molecule is COCC1CC(=O)C(c2ccns2)C1. The standard InChI is InChI=1S/C10H13NO2S/c1-13-6-7-4-8(9(12)5-7)10-2-3-11-14-10/h2-3,7-8H,4-6H2,1H3. The molecule has 2 atom stereocenters. The normalized spacial score (nSPS) is 27.1. The fourth-order valence-electron chi connectivity index (χ4n) is 2.02. The molecule has 1 aromatic rings. The van der Waals surface area contributed by atoms with Gasteiger partial charge in [-0.3, -0.25) is 4.79 Å². The molecule has 0 spiro atoms.